The summed E-state index contributed by atoms with van der Waals surface area (Å²) in [5, 5.41) is 8.87. The van der Waals surface area contributed by atoms with Crippen molar-refractivity contribution in [1.82, 2.24) is 4.90 Å². The molecule has 0 radical (unpaired) electrons. The minimum atomic E-state index is -2.52. The zero-order valence-electron chi connectivity index (χ0n) is 9.00. The van der Waals surface area contributed by atoms with E-state index in [-0.39, 0.29) is 19.6 Å². The van der Waals surface area contributed by atoms with E-state index in [0.29, 0.717) is 13.1 Å². The quantitative estimate of drug-likeness (QED) is 0.854. The van der Waals surface area contributed by atoms with Crippen LogP contribution in [0.25, 0.3) is 0 Å². The van der Waals surface area contributed by atoms with Gasteiger partial charge in [-0.25, -0.2) is 8.78 Å². The van der Waals surface area contributed by atoms with Crippen LogP contribution in [0.5, 0.6) is 0 Å². The van der Waals surface area contributed by atoms with Gasteiger partial charge in [0.2, 0.25) is 0 Å². The zero-order valence-corrected chi connectivity index (χ0v) is 9.00. The van der Waals surface area contributed by atoms with Crippen LogP contribution in [0, 0.1) is 0 Å². The van der Waals surface area contributed by atoms with E-state index in [2.05, 4.69) is 0 Å². The zero-order chi connectivity index (χ0) is 11.6. The molecule has 1 aromatic carbocycles. The van der Waals surface area contributed by atoms with Crippen LogP contribution >= 0.6 is 0 Å². The molecule has 4 heteroatoms. The molecule has 1 aromatic rings. The Morgan fingerprint density at radius 2 is 1.81 bits per heavy atom. The van der Waals surface area contributed by atoms with Gasteiger partial charge in [-0.2, -0.15) is 0 Å². The lowest BCUT2D eigenvalue weighted by Crippen LogP contribution is -2.24. The number of aliphatic hydroxyl groups excluding tert-OH is 1. The van der Waals surface area contributed by atoms with Crippen molar-refractivity contribution in [3.05, 3.63) is 35.4 Å². The van der Waals surface area contributed by atoms with Gasteiger partial charge in [0.15, 0.2) is 0 Å². The second-order valence-electron chi connectivity index (χ2n) is 4.29. The van der Waals surface area contributed by atoms with Crippen LogP contribution in [0.2, 0.25) is 0 Å². The molecule has 2 nitrogen and oxygen atoms in total. The Balaban J connectivity index is 1.94. The summed E-state index contributed by atoms with van der Waals surface area (Å²) in [6.45, 7) is 0.882. The van der Waals surface area contributed by atoms with Gasteiger partial charge in [-0.05, 0) is 11.1 Å². The summed E-state index contributed by atoms with van der Waals surface area (Å²) >= 11 is 0. The highest BCUT2D eigenvalue weighted by atomic mass is 19.3. The number of hydrogen-bond donors (Lipinski definition) is 1. The van der Waals surface area contributed by atoms with Crippen LogP contribution in [0.4, 0.5) is 8.78 Å². The lowest BCUT2D eigenvalue weighted by atomic mass is 10.1. The summed E-state index contributed by atoms with van der Waals surface area (Å²) in [7, 11) is 0. The molecule has 16 heavy (non-hydrogen) atoms. The van der Waals surface area contributed by atoms with Crippen molar-refractivity contribution >= 4 is 0 Å². The highest BCUT2D eigenvalue weighted by Crippen LogP contribution is 2.27. The van der Waals surface area contributed by atoms with Crippen LogP contribution in [-0.2, 0) is 13.2 Å². The van der Waals surface area contributed by atoms with Crippen molar-refractivity contribution in [2.45, 2.75) is 25.5 Å². The Morgan fingerprint density at radius 3 is 2.31 bits per heavy atom. The topological polar surface area (TPSA) is 23.5 Å². The van der Waals surface area contributed by atoms with E-state index in [1.165, 1.54) is 0 Å². The van der Waals surface area contributed by atoms with E-state index < -0.39 is 5.92 Å². The second-order valence-corrected chi connectivity index (χ2v) is 4.29. The first kappa shape index (κ1) is 11.5. The molecule has 1 aliphatic heterocycles. The maximum absolute atomic E-state index is 12.9. The molecule has 2 rings (SSSR count). The number of likely N-dealkylation sites (tertiary alicyclic amines) is 1. The SMILES string of the molecule is OCc1ccc(CN2CCC(F)(F)C2)cc1. The van der Waals surface area contributed by atoms with Gasteiger partial charge in [-0.3, -0.25) is 4.90 Å². The maximum atomic E-state index is 12.9. The van der Waals surface area contributed by atoms with Gasteiger partial charge in [-0.1, -0.05) is 24.3 Å². The molecule has 0 amide bonds. The van der Waals surface area contributed by atoms with Crippen molar-refractivity contribution < 1.29 is 13.9 Å². The van der Waals surface area contributed by atoms with Crippen LogP contribution in [0.15, 0.2) is 24.3 Å². The van der Waals surface area contributed by atoms with Crippen molar-refractivity contribution in [2.24, 2.45) is 0 Å². The molecule has 1 fully saturated rings. The van der Waals surface area contributed by atoms with Gasteiger partial charge in [-0.15, -0.1) is 0 Å². The van der Waals surface area contributed by atoms with Crippen molar-refractivity contribution in [2.75, 3.05) is 13.1 Å². The average molecular weight is 227 g/mol. The molecule has 0 spiro atoms. The summed E-state index contributed by atoms with van der Waals surface area (Å²) in [5.74, 6) is -2.52. The van der Waals surface area contributed by atoms with Crippen LogP contribution in [0.1, 0.15) is 17.5 Å². The van der Waals surface area contributed by atoms with Gasteiger partial charge < -0.3 is 5.11 Å². The van der Waals surface area contributed by atoms with Crippen LogP contribution in [-0.4, -0.2) is 29.0 Å². The minimum absolute atomic E-state index is 0.0159. The Bertz CT molecular complexity index is 351. The second kappa shape index (κ2) is 4.47. The number of aliphatic hydroxyl groups is 1. The third-order valence-electron chi connectivity index (χ3n) is 2.86. The van der Waals surface area contributed by atoms with Crippen LogP contribution < -0.4 is 0 Å². The van der Waals surface area contributed by atoms with E-state index in [9.17, 15) is 8.78 Å². The number of hydrogen-bond acceptors (Lipinski definition) is 2. The fourth-order valence-corrected chi connectivity index (χ4v) is 1.95. The minimum Gasteiger partial charge on any atom is -0.392 e. The maximum Gasteiger partial charge on any atom is 0.261 e. The molecular weight excluding hydrogens is 212 g/mol. The summed E-state index contributed by atoms with van der Waals surface area (Å²) in [6, 6.07) is 7.40. The molecule has 1 saturated heterocycles. The third kappa shape index (κ3) is 2.77. The van der Waals surface area contributed by atoms with Gasteiger partial charge in [0.1, 0.15) is 0 Å². The molecular formula is C12H15F2NO. The van der Waals surface area contributed by atoms with Gasteiger partial charge in [0.25, 0.3) is 5.92 Å². The van der Waals surface area contributed by atoms with E-state index in [1.807, 2.05) is 24.3 Å². The lowest BCUT2D eigenvalue weighted by Gasteiger charge is -2.15. The summed E-state index contributed by atoms with van der Waals surface area (Å²) in [6.07, 6.45) is -0.0400. The summed E-state index contributed by atoms with van der Waals surface area (Å²) in [4.78, 5) is 1.76. The van der Waals surface area contributed by atoms with Crippen molar-refractivity contribution in [1.29, 1.82) is 0 Å². The Kier molecular flexibility index (Phi) is 3.21. The molecule has 0 atom stereocenters. The molecule has 1 heterocycles. The smallest absolute Gasteiger partial charge is 0.261 e. The number of benzene rings is 1. The first-order chi connectivity index (χ1) is 7.59. The molecule has 0 bridgehead atoms. The van der Waals surface area contributed by atoms with E-state index in [1.54, 1.807) is 4.90 Å². The number of halogens is 2. The first-order valence-corrected chi connectivity index (χ1v) is 5.38. The van der Waals surface area contributed by atoms with Gasteiger partial charge in [0, 0.05) is 19.5 Å². The monoisotopic (exact) mass is 227 g/mol. The predicted octanol–water partition coefficient (Wildman–Crippen LogP) is 2.02. The standard InChI is InChI=1S/C12H15F2NO/c13-12(14)5-6-15(9-12)7-10-1-3-11(8-16)4-2-10/h1-4,16H,5-9H2. The highest BCUT2D eigenvalue weighted by Gasteiger charge is 2.37. The lowest BCUT2D eigenvalue weighted by molar-refractivity contribution is 0.0115. The van der Waals surface area contributed by atoms with Crippen LogP contribution in [0.3, 0.4) is 0 Å². The fourth-order valence-electron chi connectivity index (χ4n) is 1.95. The van der Waals surface area contributed by atoms with E-state index in [4.69, 9.17) is 5.11 Å². The molecule has 1 aliphatic rings. The van der Waals surface area contributed by atoms with E-state index in [0.717, 1.165) is 11.1 Å². The Hall–Kier alpha value is -1.00. The molecule has 88 valence electrons. The number of rotatable bonds is 3. The molecule has 0 saturated carbocycles. The summed E-state index contributed by atoms with van der Waals surface area (Å²) < 4.78 is 25.9. The molecule has 1 N–H and O–H groups in total. The van der Waals surface area contributed by atoms with Gasteiger partial charge in [0.05, 0.1) is 13.2 Å². The Labute approximate surface area is 93.5 Å². The number of nitrogens with zero attached hydrogens (tertiary/aromatic N) is 1. The van der Waals surface area contributed by atoms with Gasteiger partial charge >= 0.3 is 0 Å². The third-order valence-corrected chi connectivity index (χ3v) is 2.86. The molecule has 0 aromatic heterocycles. The van der Waals surface area contributed by atoms with Crippen molar-refractivity contribution in [3.63, 3.8) is 0 Å². The Morgan fingerprint density at radius 1 is 1.19 bits per heavy atom. The first-order valence-electron chi connectivity index (χ1n) is 5.38. The largest absolute Gasteiger partial charge is 0.392 e. The van der Waals surface area contributed by atoms with Crippen molar-refractivity contribution in [3.8, 4) is 0 Å². The molecule has 0 aliphatic carbocycles. The number of alkyl halides is 2. The fraction of sp³-hybridized carbons (Fsp3) is 0.500. The predicted molar refractivity (Wildman–Crippen MR) is 57.2 cm³/mol. The highest BCUT2D eigenvalue weighted by molar-refractivity contribution is 5.22. The molecule has 0 unspecified atom stereocenters. The average Bonchev–Trinajstić information content (AvgIpc) is 2.59. The summed E-state index contributed by atoms with van der Waals surface area (Å²) in [5.41, 5.74) is 1.85. The van der Waals surface area contributed by atoms with E-state index >= 15 is 0 Å². The normalized spacial score (nSPS) is 20.2.